The number of pyridine rings is 2. The molecule has 5 rings (SSSR count). The quantitative estimate of drug-likeness (QED) is 0.299. The normalized spacial score (nSPS) is 14.1. The minimum atomic E-state index is -0.701. The summed E-state index contributed by atoms with van der Waals surface area (Å²) < 4.78 is 35.7. The van der Waals surface area contributed by atoms with Crippen LogP contribution >= 0.6 is 11.6 Å². The fraction of sp³-hybridized carbons (Fsp3) is 0.286. The van der Waals surface area contributed by atoms with E-state index in [0.29, 0.717) is 53.6 Å². The zero-order valence-electron chi connectivity index (χ0n) is 21.1. The van der Waals surface area contributed by atoms with Crippen LogP contribution in [0.25, 0.3) is 32.9 Å². The van der Waals surface area contributed by atoms with Crippen LogP contribution in [-0.2, 0) is 4.74 Å². The van der Waals surface area contributed by atoms with Gasteiger partial charge in [0.1, 0.15) is 28.7 Å². The Morgan fingerprint density at radius 2 is 1.82 bits per heavy atom. The van der Waals surface area contributed by atoms with Crippen molar-refractivity contribution < 1.29 is 18.3 Å². The van der Waals surface area contributed by atoms with Crippen LogP contribution < -0.4 is 4.90 Å². The average molecular weight is 536 g/mol. The summed E-state index contributed by atoms with van der Waals surface area (Å²) in [5, 5.41) is 11.0. The third kappa shape index (κ3) is 4.56. The van der Waals surface area contributed by atoms with Gasteiger partial charge in [0.25, 0.3) is 0 Å². The molecule has 1 fully saturated rings. The van der Waals surface area contributed by atoms with Gasteiger partial charge in [-0.15, -0.1) is 0 Å². The molecular formula is C28H24ClF2N5O2. The smallest absolute Gasteiger partial charge is 0.410 e. The molecule has 10 heteroatoms. The number of benzene rings is 2. The van der Waals surface area contributed by atoms with Crippen LogP contribution in [0.15, 0.2) is 42.7 Å². The Labute approximate surface area is 223 Å². The van der Waals surface area contributed by atoms with Crippen LogP contribution in [0.4, 0.5) is 19.3 Å². The number of nitrogens with zero attached hydrogens (tertiary/aromatic N) is 5. The van der Waals surface area contributed by atoms with Gasteiger partial charge in [-0.2, -0.15) is 5.26 Å². The Morgan fingerprint density at radius 3 is 2.50 bits per heavy atom. The number of halogens is 3. The highest BCUT2D eigenvalue weighted by Gasteiger charge is 2.29. The lowest BCUT2D eigenvalue weighted by atomic mass is 10.00. The van der Waals surface area contributed by atoms with Crippen molar-refractivity contribution in [1.29, 1.82) is 5.26 Å². The molecule has 1 aliphatic rings. The van der Waals surface area contributed by atoms with Crippen LogP contribution in [-0.4, -0.2) is 52.7 Å². The Bertz CT molecular complexity index is 1620. The van der Waals surface area contributed by atoms with Crippen molar-refractivity contribution in [3.63, 3.8) is 0 Å². The molecule has 2 aromatic carbocycles. The van der Waals surface area contributed by atoms with E-state index >= 15 is 4.39 Å². The maximum atomic E-state index is 16.0. The molecule has 38 heavy (non-hydrogen) atoms. The second kappa shape index (κ2) is 9.69. The molecule has 0 atom stereocenters. The highest BCUT2D eigenvalue weighted by molar-refractivity contribution is 6.36. The van der Waals surface area contributed by atoms with E-state index < -0.39 is 23.3 Å². The minimum Gasteiger partial charge on any atom is -0.444 e. The van der Waals surface area contributed by atoms with Gasteiger partial charge in [0, 0.05) is 54.9 Å². The first-order chi connectivity index (χ1) is 18.1. The van der Waals surface area contributed by atoms with E-state index in [9.17, 15) is 14.4 Å². The van der Waals surface area contributed by atoms with Crippen molar-refractivity contribution in [1.82, 2.24) is 14.9 Å². The number of hydrogen-bond donors (Lipinski definition) is 0. The first-order valence-electron chi connectivity index (χ1n) is 12.1. The SMILES string of the molecule is CC(C)(C)OC(=O)N1CCN(c2c(C#N)cnc3c(F)c(-c4cccc5ccc(F)c(Cl)c45)ncc23)CC1. The molecule has 1 aliphatic heterocycles. The first kappa shape index (κ1) is 25.6. The van der Waals surface area contributed by atoms with Gasteiger partial charge in [-0.3, -0.25) is 9.97 Å². The van der Waals surface area contributed by atoms with E-state index in [4.69, 9.17) is 16.3 Å². The van der Waals surface area contributed by atoms with E-state index in [1.54, 1.807) is 29.2 Å². The molecule has 0 N–H and O–H groups in total. The number of ether oxygens (including phenoxy) is 1. The molecule has 3 heterocycles. The van der Waals surface area contributed by atoms with Crippen molar-refractivity contribution >= 4 is 45.1 Å². The molecular weight excluding hydrogens is 512 g/mol. The lowest BCUT2D eigenvalue weighted by molar-refractivity contribution is 0.0240. The molecule has 2 aromatic heterocycles. The number of nitriles is 1. The Hall–Kier alpha value is -4.03. The fourth-order valence-corrected chi connectivity index (χ4v) is 4.94. The van der Waals surface area contributed by atoms with Gasteiger partial charge in [-0.1, -0.05) is 35.9 Å². The second-order valence-corrected chi connectivity index (χ2v) is 10.4. The van der Waals surface area contributed by atoms with Crippen LogP contribution in [0.3, 0.4) is 0 Å². The molecule has 0 aliphatic carbocycles. The molecule has 7 nitrogen and oxygen atoms in total. The second-order valence-electron chi connectivity index (χ2n) is 10.0. The zero-order valence-corrected chi connectivity index (χ0v) is 21.8. The maximum absolute atomic E-state index is 16.0. The van der Waals surface area contributed by atoms with Gasteiger partial charge in [-0.05, 0) is 32.2 Å². The van der Waals surface area contributed by atoms with E-state index in [1.165, 1.54) is 18.5 Å². The van der Waals surface area contributed by atoms with Crippen LogP contribution in [0.1, 0.15) is 26.3 Å². The number of carbonyl (C=O) groups excluding carboxylic acids is 1. The Balaban J connectivity index is 1.55. The molecule has 0 spiro atoms. The lowest BCUT2D eigenvalue weighted by Crippen LogP contribution is -2.50. The molecule has 0 saturated carbocycles. The van der Waals surface area contributed by atoms with Gasteiger partial charge >= 0.3 is 6.09 Å². The monoisotopic (exact) mass is 535 g/mol. The largest absolute Gasteiger partial charge is 0.444 e. The van der Waals surface area contributed by atoms with Gasteiger partial charge in [0.15, 0.2) is 5.82 Å². The summed E-state index contributed by atoms with van der Waals surface area (Å²) >= 11 is 6.27. The van der Waals surface area contributed by atoms with E-state index in [0.717, 1.165) is 0 Å². The predicted octanol–water partition coefficient (Wildman–Crippen LogP) is 6.31. The molecule has 1 amide bonds. The Morgan fingerprint density at radius 1 is 1.08 bits per heavy atom. The lowest BCUT2D eigenvalue weighted by Gasteiger charge is -2.37. The van der Waals surface area contributed by atoms with Gasteiger partial charge in [0.2, 0.25) is 0 Å². The van der Waals surface area contributed by atoms with Gasteiger partial charge < -0.3 is 14.5 Å². The predicted molar refractivity (Wildman–Crippen MR) is 142 cm³/mol. The highest BCUT2D eigenvalue weighted by atomic mass is 35.5. The number of aromatic nitrogens is 2. The first-order valence-corrected chi connectivity index (χ1v) is 12.4. The summed E-state index contributed by atoms with van der Waals surface area (Å²) in [6.45, 7) is 6.99. The van der Waals surface area contributed by atoms with E-state index in [-0.39, 0.29) is 21.8 Å². The van der Waals surface area contributed by atoms with Crippen LogP contribution in [0.5, 0.6) is 0 Å². The highest BCUT2D eigenvalue weighted by Crippen LogP contribution is 2.38. The molecule has 0 radical (unpaired) electrons. The maximum Gasteiger partial charge on any atom is 0.410 e. The number of fused-ring (bicyclic) bond motifs is 2. The number of piperazine rings is 1. The number of rotatable bonds is 2. The topological polar surface area (TPSA) is 82.4 Å². The molecule has 194 valence electrons. The number of amides is 1. The molecule has 4 aromatic rings. The molecule has 1 saturated heterocycles. The van der Waals surface area contributed by atoms with Crippen molar-refractivity contribution in [2.24, 2.45) is 0 Å². The van der Waals surface area contributed by atoms with Crippen LogP contribution in [0.2, 0.25) is 5.02 Å². The summed E-state index contributed by atoms with van der Waals surface area (Å²) in [5.74, 6) is -1.31. The summed E-state index contributed by atoms with van der Waals surface area (Å²) in [5.41, 5.74) is 0.514. The fourth-order valence-electron chi connectivity index (χ4n) is 4.67. The van der Waals surface area contributed by atoms with Crippen molar-refractivity contribution in [3.05, 3.63) is 64.9 Å². The molecule has 0 unspecified atom stereocenters. The van der Waals surface area contributed by atoms with Crippen molar-refractivity contribution in [2.75, 3.05) is 31.1 Å². The minimum absolute atomic E-state index is 0.0199. The zero-order chi connectivity index (χ0) is 27.2. The average Bonchev–Trinajstić information content (AvgIpc) is 2.89. The summed E-state index contributed by atoms with van der Waals surface area (Å²) in [6, 6.07) is 10.1. The van der Waals surface area contributed by atoms with Crippen LogP contribution in [0, 0.1) is 23.0 Å². The third-order valence-electron chi connectivity index (χ3n) is 6.38. The standard InChI is InChI=1S/C28H24ClF2N5O2/c1-28(2,3)38-27(37)36-11-9-35(10-12-36)26-17(13-32)14-33-25-19(26)15-34-24(23(25)31)18-6-4-5-16-7-8-20(30)22(29)21(16)18/h4-8,14-15H,9-12H2,1-3H3. The summed E-state index contributed by atoms with van der Waals surface area (Å²) in [6.07, 6.45) is 2.41. The van der Waals surface area contributed by atoms with Crippen molar-refractivity contribution in [3.8, 4) is 17.3 Å². The third-order valence-corrected chi connectivity index (χ3v) is 6.75. The summed E-state index contributed by atoms with van der Waals surface area (Å²) in [4.78, 5) is 24.6. The Kier molecular flexibility index (Phi) is 6.53. The van der Waals surface area contributed by atoms with E-state index in [2.05, 4.69) is 16.0 Å². The number of anilines is 1. The number of hydrogen-bond acceptors (Lipinski definition) is 6. The van der Waals surface area contributed by atoms with Crippen molar-refractivity contribution in [2.45, 2.75) is 26.4 Å². The summed E-state index contributed by atoms with van der Waals surface area (Å²) in [7, 11) is 0. The van der Waals surface area contributed by atoms with E-state index in [1.807, 2.05) is 25.7 Å². The van der Waals surface area contributed by atoms with Gasteiger partial charge in [-0.25, -0.2) is 13.6 Å². The number of carbonyl (C=O) groups is 1. The van der Waals surface area contributed by atoms with Gasteiger partial charge in [0.05, 0.1) is 16.3 Å². The molecule has 0 bridgehead atoms.